The van der Waals surface area contributed by atoms with Crippen LogP contribution >= 0.6 is 24.9 Å². The Labute approximate surface area is 70.3 Å². The molecule has 1 atom stereocenters. The summed E-state index contributed by atoms with van der Waals surface area (Å²) in [6.07, 6.45) is 3.07. The molecule has 0 aliphatic carbocycles. The zero-order valence-corrected chi connectivity index (χ0v) is 7.20. The fraction of sp³-hybridized carbons (Fsp3) is 0.800. The summed E-state index contributed by atoms with van der Waals surface area (Å²) < 4.78 is 4.65. The Bertz CT molecular complexity index is 122. The van der Waals surface area contributed by atoms with Gasteiger partial charge in [0.15, 0.2) is 0 Å². The highest BCUT2D eigenvalue weighted by atomic mass is 32.2. The van der Waals surface area contributed by atoms with Crippen LogP contribution in [0, 0.1) is 0 Å². The molecule has 0 unspecified atom stereocenters. The summed E-state index contributed by atoms with van der Waals surface area (Å²) in [6.45, 7) is 0.974. The predicted octanol–water partition coefficient (Wildman–Crippen LogP) is 0.647. The maximum atomic E-state index is 10.4. The van der Waals surface area contributed by atoms with Crippen molar-refractivity contribution in [1.82, 2.24) is 8.43 Å². The molecule has 0 saturated carbocycles. The van der Waals surface area contributed by atoms with Crippen molar-refractivity contribution in [1.29, 1.82) is 0 Å². The van der Waals surface area contributed by atoms with Gasteiger partial charge in [0.05, 0.1) is 6.04 Å². The number of hydrogen-bond acceptors (Lipinski definition) is 5. The summed E-state index contributed by atoms with van der Waals surface area (Å²) in [5, 5.41) is 0. The van der Waals surface area contributed by atoms with Gasteiger partial charge in [-0.05, 0) is 12.8 Å². The highest BCUT2D eigenvalue weighted by Gasteiger charge is 2.23. The van der Waals surface area contributed by atoms with Crippen LogP contribution in [0.25, 0.3) is 0 Å². The molecule has 1 rings (SSSR count). The zero-order chi connectivity index (χ0) is 7.40. The van der Waals surface area contributed by atoms with Crippen molar-refractivity contribution in [2.75, 3.05) is 6.54 Å². The van der Waals surface area contributed by atoms with Gasteiger partial charge in [0.25, 0.3) is 0 Å². The smallest absolute Gasteiger partial charge is 0.138 e. The molecule has 1 heterocycles. The number of carbonyl (C=O) groups excluding carboxylic acids is 1. The number of carbonyl (C=O) groups is 1. The third kappa shape index (κ3) is 1.88. The highest BCUT2D eigenvalue weighted by Crippen LogP contribution is 2.21. The summed E-state index contributed by atoms with van der Waals surface area (Å²) in [4.78, 5) is 10.4. The molecule has 1 aliphatic rings. The maximum Gasteiger partial charge on any atom is 0.138 e. The molecule has 1 N–H and O–H groups in total. The van der Waals surface area contributed by atoms with Crippen LogP contribution in [0.5, 0.6) is 0 Å². The molecule has 10 heavy (non-hydrogen) atoms. The first-order chi connectivity index (χ1) is 4.88. The maximum absolute atomic E-state index is 10.4. The van der Waals surface area contributed by atoms with E-state index < -0.39 is 0 Å². The van der Waals surface area contributed by atoms with E-state index in [9.17, 15) is 4.79 Å². The minimum absolute atomic E-state index is 0.0876. The zero-order valence-electron chi connectivity index (χ0n) is 5.49. The summed E-state index contributed by atoms with van der Waals surface area (Å²) in [5.74, 6) is 0. The second-order valence-corrected chi connectivity index (χ2v) is 3.55. The van der Waals surface area contributed by atoms with Crippen LogP contribution in [0.4, 0.5) is 0 Å². The van der Waals surface area contributed by atoms with Gasteiger partial charge in [0.2, 0.25) is 0 Å². The number of aldehydes is 1. The van der Waals surface area contributed by atoms with Gasteiger partial charge in [0.1, 0.15) is 6.29 Å². The summed E-state index contributed by atoms with van der Waals surface area (Å²) in [5.41, 5.74) is 0. The van der Waals surface area contributed by atoms with E-state index in [4.69, 9.17) is 0 Å². The van der Waals surface area contributed by atoms with Gasteiger partial charge in [-0.1, -0.05) is 12.8 Å². The Kier molecular flexibility index (Phi) is 3.55. The van der Waals surface area contributed by atoms with Crippen molar-refractivity contribution in [3.63, 3.8) is 0 Å². The summed E-state index contributed by atoms with van der Waals surface area (Å²) in [6, 6.07) is 0.0876. The molecule has 1 saturated heterocycles. The minimum Gasteiger partial charge on any atom is -0.302 e. The predicted molar refractivity (Wildman–Crippen MR) is 45.5 cm³/mol. The van der Waals surface area contributed by atoms with E-state index in [2.05, 4.69) is 16.9 Å². The van der Waals surface area contributed by atoms with Gasteiger partial charge in [-0.25, -0.2) is 4.31 Å². The Hall–Kier alpha value is 0.290. The van der Waals surface area contributed by atoms with E-state index in [0.717, 1.165) is 25.7 Å². The largest absolute Gasteiger partial charge is 0.302 e. The van der Waals surface area contributed by atoms with E-state index in [-0.39, 0.29) is 6.04 Å². The minimum atomic E-state index is 0.0876. The number of nitrogens with zero attached hydrogens (tertiary/aromatic N) is 1. The lowest BCUT2D eigenvalue weighted by atomic mass is 10.2. The van der Waals surface area contributed by atoms with Crippen LogP contribution in [0.2, 0.25) is 0 Å². The molecule has 1 aliphatic heterocycles. The van der Waals surface area contributed by atoms with Crippen LogP contribution in [0.15, 0.2) is 0 Å². The summed E-state index contributed by atoms with van der Waals surface area (Å²) in [7, 11) is 0. The molecule has 0 aromatic rings. The van der Waals surface area contributed by atoms with Gasteiger partial charge in [-0.15, -0.1) is 0 Å². The Morgan fingerprint density at radius 3 is 3.20 bits per heavy atom. The topological polar surface area (TPSA) is 32.3 Å². The molecule has 5 heteroatoms. The molecule has 0 amide bonds. The molecule has 3 nitrogen and oxygen atoms in total. The van der Waals surface area contributed by atoms with E-state index >= 15 is 0 Å². The Balaban J connectivity index is 2.34. The number of rotatable bonds is 3. The molecule has 0 spiro atoms. The fourth-order valence-electron chi connectivity index (χ4n) is 1.07. The van der Waals surface area contributed by atoms with Crippen molar-refractivity contribution in [2.24, 2.45) is 0 Å². The van der Waals surface area contributed by atoms with E-state index in [1.165, 1.54) is 12.1 Å². The fourth-order valence-corrected chi connectivity index (χ4v) is 2.00. The van der Waals surface area contributed by atoms with Gasteiger partial charge >= 0.3 is 0 Å². The first-order valence-electron chi connectivity index (χ1n) is 3.16. The Morgan fingerprint density at radius 2 is 2.60 bits per heavy atom. The van der Waals surface area contributed by atoms with E-state index in [1.807, 2.05) is 4.31 Å². The van der Waals surface area contributed by atoms with Gasteiger partial charge in [-0.2, -0.15) is 4.13 Å². The molecule has 1 fully saturated rings. The standard InChI is InChI=1S/C5H10N2OS2/c8-4-5-2-1-3-7(5)10-6-9/h4-6,9H,1-3H2/t5-/m0/s1. The van der Waals surface area contributed by atoms with Gasteiger partial charge < -0.3 is 4.79 Å². The first-order valence-corrected chi connectivity index (χ1v) is 4.38. The van der Waals surface area contributed by atoms with Crippen molar-refractivity contribution in [2.45, 2.75) is 18.9 Å². The van der Waals surface area contributed by atoms with Crippen molar-refractivity contribution < 1.29 is 4.79 Å². The molecule has 0 bridgehead atoms. The van der Waals surface area contributed by atoms with Crippen LogP contribution in [-0.4, -0.2) is 23.2 Å². The average Bonchev–Trinajstić information content (AvgIpc) is 2.36. The quantitative estimate of drug-likeness (QED) is 0.377. The van der Waals surface area contributed by atoms with E-state index in [0.29, 0.717) is 0 Å². The second kappa shape index (κ2) is 4.23. The SMILES string of the molecule is O=C[C@@H]1CCCN1SNS. The van der Waals surface area contributed by atoms with Crippen molar-refractivity contribution >= 4 is 31.2 Å². The van der Waals surface area contributed by atoms with Gasteiger partial charge in [-0.3, -0.25) is 0 Å². The molecule has 0 aromatic carbocycles. The van der Waals surface area contributed by atoms with Crippen LogP contribution in [-0.2, 0) is 4.79 Å². The van der Waals surface area contributed by atoms with Crippen LogP contribution < -0.4 is 4.13 Å². The normalized spacial score (nSPS) is 27.1. The highest BCUT2D eigenvalue weighted by molar-refractivity contribution is 8.04. The summed E-state index contributed by atoms with van der Waals surface area (Å²) >= 11 is 5.22. The van der Waals surface area contributed by atoms with Crippen molar-refractivity contribution in [3.8, 4) is 0 Å². The van der Waals surface area contributed by atoms with E-state index in [1.54, 1.807) is 0 Å². The monoisotopic (exact) mass is 178 g/mol. The van der Waals surface area contributed by atoms with Gasteiger partial charge in [0, 0.05) is 18.7 Å². The molecule has 0 radical (unpaired) electrons. The molecule has 58 valence electrons. The third-order valence-electron chi connectivity index (χ3n) is 1.56. The Morgan fingerprint density at radius 1 is 1.80 bits per heavy atom. The number of hydrogen-bond donors (Lipinski definition) is 2. The average molecular weight is 178 g/mol. The van der Waals surface area contributed by atoms with Crippen LogP contribution in [0.1, 0.15) is 12.8 Å². The number of nitrogens with one attached hydrogen (secondary N) is 1. The molecular formula is C5H10N2OS2. The second-order valence-electron chi connectivity index (χ2n) is 2.17. The lowest BCUT2D eigenvalue weighted by molar-refractivity contribution is -0.110. The molecule has 0 aromatic heterocycles. The molecular weight excluding hydrogens is 168 g/mol. The first kappa shape index (κ1) is 8.39. The third-order valence-corrected chi connectivity index (χ3v) is 2.58. The lowest BCUT2D eigenvalue weighted by Crippen LogP contribution is -2.25. The van der Waals surface area contributed by atoms with Crippen LogP contribution in [0.3, 0.4) is 0 Å². The lowest BCUT2D eigenvalue weighted by Gasteiger charge is -2.15. The van der Waals surface area contributed by atoms with Crippen molar-refractivity contribution in [3.05, 3.63) is 0 Å². The number of thiol groups is 1.